The van der Waals surface area contributed by atoms with Gasteiger partial charge in [0.15, 0.2) is 0 Å². The highest BCUT2D eigenvalue weighted by Crippen LogP contribution is 2.20. The Balaban J connectivity index is 1.75. The van der Waals surface area contributed by atoms with Crippen molar-refractivity contribution < 1.29 is 9.66 Å². The number of hydrogen-bond donors (Lipinski definition) is 0. The molecule has 0 saturated carbocycles. The molecule has 0 spiro atoms. The van der Waals surface area contributed by atoms with E-state index in [0.29, 0.717) is 31.3 Å². The second-order valence-corrected chi connectivity index (χ2v) is 4.66. The Morgan fingerprint density at radius 2 is 2.14 bits per heavy atom. The fraction of sp³-hybridized carbons (Fsp3) is 0.417. The van der Waals surface area contributed by atoms with Crippen LogP contribution >= 0.6 is 0 Å². The Labute approximate surface area is 120 Å². The minimum atomic E-state index is -0.443. The fourth-order valence-electron chi connectivity index (χ4n) is 2.10. The van der Waals surface area contributed by atoms with Crippen LogP contribution < -0.4 is 0 Å². The molecule has 2 heterocycles. The number of rotatable bonds is 4. The highest BCUT2D eigenvalue weighted by molar-refractivity contribution is 5.58. The monoisotopic (exact) mass is 290 g/mol. The number of morpholine rings is 1. The topological polar surface area (TPSA) is 99.2 Å². The van der Waals surface area contributed by atoms with Crippen LogP contribution in [0.5, 0.6) is 0 Å². The van der Waals surface area contributed by atoms with Crippen molar-refractivity contribution in [3.8, 4) is 11.4 Å². The molecule has 1 saturated heterocycles. The van der Waals surface area contributed by atoms with Crippen LogP contribution in [0.2, 0.25) is 0 Å². The molecule has 0 amide bonds. The normalized spacial score (nSPS) is 16.0. The first kappa shape index (κ1) is 13.6. The lowest BCUT2D eigenvalue weighted by molar-refractivity contribution is -0.384. The Bertz CT molecular complexity index is 637. The van der Waals surface area contributed by atoms with E-state index < -0.39 is 4.92 Å². The van der Waals surface area contributed by atoms with E-state index in [2.05, 4.69) is 20.3 Å². The highest BCUT2D eigenvalue weighted by Gasteiger charge is 2.14. The number of nitro benzene ring substituents is 1. The largest absolute Gasteiger partial charge is 0.379 e. The number of ether oxygens (including phenoxy) is 1. The molecule has 1 aliphatic heterocycles. The number of aromatic nitrogens is 4. The SMILES string of the molecule is O=[N+]([O-])c1cccc(-c2nnn(CN3CCOCC3)n2)c1. The van der Waals surface area contributed by atoms with Crippen LogP contribution in [0, 0.1) is 10.1 Å². The van der Waals surface area contributed by atoms with E-state index in [-0.39, 0.29) is 5.69 Å². The Kier molecular flexibility index (Phi) is 3.84. The van der Waals surface area contributed by atoms with Crippen molar-refractivity contribution in [2.24, 2.45) is 0 Å². The predicted octanol–water partition coefficient (Wildman–Crippen LogP) is 0.538. The van der Waals surface area contributed by atoms with Gasteiger partial charge in [0.2, 0.25) is 5.82 Å². The standard InChI is InChI=1S/C12H14N6O3/c19-18(20)11-3-1-2-10(8-11)12-13-15-17(14-12)9-16-4-6-21-7-5-16/h1-3,8H,4-7,9H2. The summed E-state index contributed by atoms with van der Waals surface area (Å²) in [6, 6.07) is 6.21. The molecular formula is C12H14N6O3. The summed E-state index contributed by atoms with van der Waals surface area (Å²) in [5, 5.41) is 23.0. The number of benzene rings is 1. The van der Waals surface area contributed by atoms with Gasteiger partial charge in [-0.1, -0.05) is 12.1 Å². The molecule has 0 unspecified atom stereocenters. The van der Waals surface area contributed by atoms with Crippen molar-refractivity contribution in [2.75, 3.05) is 26.3 Å². The number of nitro groups is 1. The van der Waals surface area contributed by atoms with Crippen LogP contribution in [0.3, 0.4) is 0 Å². The smallest absolute Gasteiger partial charge is 0.270 e. The number of hydrogen-bond acceptors (Lipinski definition) is 7. The zero-order valence-corrected chi connectivity index (χ0v) is 11.3. The van der Waals surface area contributed by atoms with Crippen molar-refractivity contribution in [1.29, 1.82) is 0 Å². The molecule has 0 aliphatic carbocycles. The second-order valence-electron chi connectivity index (χ2n) is 4.66. The summed E-state index contributed by atoms with van der Waals surface area (Å²) in [4.78, 5) is 14.0. The van der Waals surface area contributed by atoms with E-state index in [9.17, 15) is 10.1 Å². The van der Waals surface area contributed by atoms with Crippen LogP contribution in [-0.4, -0.2) is 56.3 Å². The number of non-ortho nitro benzene ring substituents is 1. The quantitative estimate of drug-likeness (QED) is 0.598. The summed E-state index contributed by atoms with van der Waals surface area (Å²) < 4.78 is 5.28. The maximum absolute atomic E-state index is 10.8. The summed E-state index contributed by atoms with van der Waals surface area (Å²) in [5.41, 5.74) is 0.592. The fourth-order valence-corrected chi connectivity index (χ4v) is 2.10. The Morgan fingerprint density at radius 3 is 2.90 bits per heavy atom. The Hall–Kier alpha value is -2.39. The van der Waals surface area contributed by atoms with E-state index in [4.69, 9.17) is 4.74 Å². The second kappa shape index (κ2) is 5.94. The van der Waals surface area contributed by atoms with Gasteiger partial charge in [0.25, 0.3) is 5.69 Å². The lowest BCUT2D eigenvalue weighted by atomic mass is 10.2. The van der Waals surface area contributed by atoms with Crippen LogP contribution in [-0.2, 0) is 11.4 Å². The average molecular weight is 290 g/mol. The first-order valence-corrected chi connectivity index (χ1v) is 6.55. The van der Waals surface area contributed by atoms with Gasteiger partial charge in [0.1, 0.15) is 6.67 Å². The minimum absolute atomic E-state index is 0.0111. The molecule has 0 N–H and O–H groups in total. The van der Waals surface area contributed by atoms with Crippen molar-refractivity contribution >= 4 is 5.69 Å². The number of tetrazole rings is 1. The molecule has 0 radical (unpaired) electrons. The van der Waals surface area contributed by atoms with Gasteiger partial charge in [-0.25, -0.2) is 0 Å². The maximum Gasteiger partial charge on any atom is 0.270 e. The lowest BCUT2D eigenvalue weighted by Gasteiger charge is -2.25. The lowest BCUT2D eigenvalue weighted by Crippen LogP contribution is -2.38. The molecule has 1 aromatic heterocycles. The van der Waals surface area contributed by atoms with E-state index in [0.717, 1.165) is 13.1 Å². The maximum atomic E-state index is 10.8. The molecule has 2 aromatic rings. The van der Waals surface area contributed by atoms with Gasteiger partial charge in [0, 0.05) is 30.8 Å². The summed E-state index contributed by atoms with van der Waals surface area (Å²) in [6.45, 7) is 3.59. The van der Waals surface area contributed by atoms with Gasteiger partial charge >= 0.3 is 0 Å². The van der Waals surface area contributed by atoms with Gasteiger partial charge in [0.05, 0.1) is 18.1 Å². The highest BCUT2D eigenvalue weighted by atomic mass is 16.6. The molecule has 21 heavy (non-hydrogen) atoms. The minimum Gasteiger partial charge on any atom is -0.379 e. The van der Waals surface area contributed by atoms with Crippen molar-refractivity contribution in [3.05, 3.63) is 34.4 Å². The molecule has 9 nitrogen and oxygen atoms in total. The van der Waals surface area contributed by atoms with Crippen LogP contribution in [0.1, 0.15) is 0 Å². The molecule has 3 rings (SSSR count). The zero-order valence-electron chi connectivity index (χ0n) is 11.3. The van der Waals surface area contributed by atoms with Crippen molar-refractivity contribution in [3.63, 3.8) is 0 Å². The molecule has 1 fully saturated rings. The average Bonchev–Trinajstić information content (AvgIpc) is 2.97. The molecule has 110 valence electrons. The third-order valence-corrected chi connectivity index (χ3v) is 3.20. The van der Waals surface area contributed by atoms with Gasteiger partial charge < -0.3 is 4.74 Å². The molecule has 0 bridgehead atoms. The predicted molar refractivity (Wildman–Crippen MR) is 72.3 cm³/mol. The van der Waals surface area contributed by atoms with Crippen LogP contribution in [0.15, 0.2) is 24.3 Å². The summed E-state index contributed by atoms with van der Waals surface area (Å²) in [7, 11) is 0. The van der Waals surface area contributed by atoms with Gasteiger partial charge in [-0.2, -0.15) is 0 Å². The molecule has 1 aliphatic rings. The Morgan fingerprint density at radius 1 is 1.33 bits per heavy atom. The van der Waals surface area contributed by atoms with Crippen LogP contribution in [0.4, 0.5) is 5.69 Å². The summed E-state index contributed by atoms with van der Waals surface area (Å²) >= 11 is 0. The van der Waals surface area contributed by atoms with Gasteiger partial charge in [-0.05, 0) is 5.21 Å². The molecule has 1 aromatic carbocycles. The molecular weight excluding hydrogens is 276 g/mol. The van der Waals surface area contributed by atoms with Crippen molar-refractivity contribution in [1.82, 2.24) is 25.1 Å². The molecule has 9 heteroatoms. The number of nitrogens with zero attached hydrogens (tertiary/aromatic N) is 6. The van der Waals surface area contributed by atoms with Crippen LogP contribution in [0.25, 0.3) is 11.4 Å². The zero-order chi connectivity index (χ0) is 14.7. The van der Waals surface area contributed by atoms with E-state index in [1.54, 1.807) is 12.1 Å². The summed E-state index contributed by atoms with van der Waals surface area (Å²) in [5.74, 6) is 0.381. The van der Waals surface area contributed by atoms with E-state index in [1.807, 2.05) is 0 Å². The third-order valence-electron chi connectivity index (χ3n) is 3.20. The first-order valence-electron chi connectivity index (χ1n) is 6.55. The molecule has 0 atom stereocenters. The van der Waals surface area contributed by atoms with Crippen molar-refractivity contribution in [2.45, 2.75) is 6.67 Å². The summed E-state index contributed by atoms with van der Waals surface area (Å²) in [6.07, 6.45) is 0. The van der Waals surface area contributed by atoms with E-state index in [1.165, 1.54) is 16.9 Å². The van der Waals surface area contributed by atoms with Gasteiger partial charge in [-0.15, -0.1) is 15.0 Å². The third kappa shape index (κ3) is 3.20. The van der Waals surface area contributed by atoms with E-state index >= 15 is 0 Å². The first-order chi connectivity index (χ1) is 10.2. The van der Waals surface area contributed by atoms with Gasteiger partial charge in [-0.3, -0.25) is 15.0 Å².